The van der Waals surface area contributed by atoms with E-state index < -0.39 is 0 Å². The number of carbonyl (C=O) groups is 1. The van der Waals surface area contributed by atoms with Gasteiger partial charge in [0.2, 0.25) is 0 Å². The molecule has 1 aromatic heterocycles. The normalized spacial score (nSPS) is 13.3. The van der Waals surface area contributed by atoms with Gasteiger partial charge in [0.25, 0.3) is 5.91 Å². The number of aryl methyl sites for hydroxylation is 3. The van der Waals surface area contributed by atoms with Crippen LogP contribution in [0.5, 0.6) is 0 Å². The topological polar surface area (TPSA) is 29.1 Å². The van der Waals surface area contributed by atoms with Crippen LogP contribution in [0.25, 0.3) is 0 Å². The quantitative estimate of drug-likeness (QED) is 0.910. The number of carbonyl (C=O) groups excluding carboxylic acids is 1. The lowest BCUT2D eigenvalue weighted by atomic mass is 10.1. The number of hydrogen-bond acceptors (Lipinski definition) is 2. The van der Waals surface area contributed by atoms with Crippen molar-refractivity contribution in [2.45, 2.75) is 32.7 Å². The summed E-state index contributed by atoms with van der Waals surface area (Å²) >= 11 is 1.66. The lowest BCUT2D eigenvalue weighted by molar-refractivity contribution is 0.0955. The fourth-order valence-corrected chi connectivity index (χ4v) is 3.59. The number of rotatable bonds is 3. The molecular formula is C16H17NOS. The Bertz CT molecular complexity index is 576. The molecule has 1 aromatic carbocycles. The van der Waals surface area contributed by atoms with E-state index in [2.05, 4.69) is 42.6 Å². The highest BCUT2D eigenvalue weighted by Crippen LogP contribution is 2.30. The number of nitrogens with one attached hydrogen (secondary N) is 1. The van der Waals surface area contributed by atoms with Gasteiger partial charge >= 0.3 is 0 Å². The first-order chi connectivity index (χ1) is 9.22. The van der Waals surface area contributed by atoms with Gasteiger partial charge in [-0.15, -0.1) is 11.3 Å². The molecule has 0 bridgehead atoms. The first-order valence-electron chi connectivity index (χ1n) is 6.68. The van der Waals surface area contributed by atoms with Gasteiger partial charge in [-0.1, -0.05) is 29.8 Å². The van der Waals surface area contributed by atoms with Crippen molar-refractivity contribution in [3.8, 4) is 0 Å². The molecule has 1 aliphatic carbocycles. The Balaban J connectivity index is 1.63. The summed E-state index contributed by atoms with van der Waals surface area (Å²) in [5.74, 6) is 0.0555. The summed E-state index contributed by atoms with van der Waals surface area (Å²) in [6.07, 6.45) is 3.52. The van der Waals surface area contributed by atoms with Gasteiger partial charge in [-0.2, -0.15) is 0 Å². The Morgan fingerprint density at radius 3 is 2.79 bits per heavy atom. The van der Waals surface area contributed by atoms with Crippen LogP contribution in [-0.2, 0) is 19.4 Å². The van der Waals surface area contributed by atoms with E-state index in [9.17, 15) is 4.79 Å². The molecule has 98 valence electrons. The Morgan fingerprint density at radius 2 is 2.05 bits per heavy atom. The number of amides is 1. The molecule has 0 atom stereocenters. The fraction of sp³-hybridized carbons (Fsp3) is 0.312. The number of hydrogen-bond donors (Lipinski definition) is 1. The van der Waals surface area contributed by atoms with Gasteiger partial charge in [0.15, 0.2) is 0 Å². The zero-order chi connectivity index (χ0) is 13.2. The second kappa shape index (κ2) is 5.17. The fourth-order valence-electron chi connectivity index (χ4n) is 2.42. The van der Waals surface area contributed by atoms with Crippen LogP contribution in [0.15, 0.2) is 30.3 Å². The van der Waals surface area contributed by atoms with Crippen LogP contribution in [0.3, 0.4) is 0 Å². The van der Waals surface area contributed by atoms with Crippen molar-refractivity contribution in [2.75, 3.05) is 0 Å². The molecule has 19 heavy (non-hydrogen) atoms. The Hall–Kier alpha value is -1.61. The molecule has 0 fully saturated rings. The van der Waals surface area contributed by atoms with E-state index in [1.54, 1.807) is 11.3 Å². The molecule has 0 aliphatic heterocycles. The van der Waals surface area contributed by atoms with E-state index >= 15 is 0 Å². The molecule has 0 radical (unpaired) electrons. The smallest absolute Gasteiger partial charge is 0.261 e. The van der Waals surface area contributed by atoms with Gasteiger partial charge in [0, 0.05) is 11.4 Å². The lowest BCUT2D eigenvalue weighted by Gasteiger charge is -2.04. The third kappa shape index (κ3) is 2.71. The summed E-state index contributed by atoms with van der Waals surface area (Å²) in [6.45, 7) is 2.66. The summed E-state index contributed by atoms with van der Waals surface area (Å²) in [4.78, 5) is 14.4. The van der Waals surface area contributed by atoms with E-state index in [1.165, 1.54) is 22.4 Å². The van der Waals surface area contributed by atoms with Crippen LogP contribution in [0.1, 0.15) is 37.7 Å². The summed E-state index contributed by atoms with van der Waals surface area (Å²) in [5, 5.41) is 2.99. The number of fused-ring (bicyclic) bond motifs is 1. The molecule has 3 heteroatoms. The predicted molar refractivity (Wildman–Crippen MR) is 78.7 cm³/mol. The minimum absolute atomic E-state index is 0.0555. The molecular weight excluding hydrogens is 254 g/mol. The summed E-state index contributed by atoms with van der Waals surface area (Å²) in [7, 11) is 0. The average Bonchev–Trinajstić information content (AvgIpc) is 2.98. The van der Waals surface area contributed by atoms with E-state index in [4.69, 9.17) is 0 Å². The standard InChI is InChI=1S/C16H17NOS/c1-11-5-7-12(8-6-11)10-17-16(18)15-9-13-3-2-4-14(13)19-15/h5-9H,2-4,10H2,1H3,(H,17,18). The Labute approximate surface area is 117 Å². The van der Waals surface area contributed by atoms with Crippen LogP contribution in [0, 0.1) is 6.92 Å². The van der Waals surface area contributed by atoms with Gasteiger partial charge in [-0.3, -0.25) is 4.79 Å². The highest BCUT2D eigenvalue weighted by molar-refractivity contribution is 7.14. The van der Waals surface area contributed by atoms with Crippen molar-refractivity contribution in [3.05, 3.63) is 56.8 Å². The second-order valence-corrected chi connectivity index (χ2v) is 6.22. The zero-order valence-electron chi connectivity index (χ0n) is 11.0. The molecule has 0 unspecified atom stereocenters. The second-order valence-electron chi connectivity index (χ2n) is 5.08. The van der Waals surface area contributed by atoms with Crippen LogP contribution in [-0.4, -0.2) is 5.91 Å². The third-order valence-electron chi connectivity index (χ3n) is 3.54. The number of benzene rings is 1. The monoisotopic (exact) mass is 271 g/mol. The highest BCUT2D eigenvalue weighted by atomic mass is 32.1. The van der Waals surface area contributed by atoms with Gasteiger partial charge in [0.05, 0.1) is 4.88 Å². The molecule has 1 aliphatic rings. The van der Waals surface area contributed by atoms with Crippen molar-refractivity contribution in [1.29, 1.82) is 0 Å². The van der Waals surface area contributed by atoms with Gasteiger partial charge in [0.1, 0.15) is 0 Å². The molecule has 1 amide bonds. The van der Waals surface area contributed by atoms with Crippen molar-refractivity contribution in [1.82, 2.24) is 5.32 Å². The first-order valence-corrected chi connectivity index (χ1v) is 7.49. The maximum atomic E-state index is 12.1. The van der Waals surface area contributed by atoms with Crippen LogP contribution < -0.4 is 5.32 Å². The maximum Gasteiger partial charge on any atom is 0.261 e. The summed E-state index contributed by atoms with van der Waals surface area (Å²) < 4.78 is 0. The van der Waals surface area contributed by atoms with Crippen molar-refractivity contribution in [3.63, 3.8) is 0 Å². The van der Waals surface area contributed by atoms with Gasteiger partial charge in [-0.05, 0) is 43.4 Å². The van der Waals surface area contributed by atoms with E-state index in [0.29, 0.717) is 6.54 Å². The van der Waals surface area contributed by atoms with E-state index in [0.717, 1.165) is 23.3 Å². The van der Waals surface area contributed by atoms with Gasteiger partial charge in [-0.25, -0.2) is 0 Å². The van der Waals surface area contributed by atoms with Gasteiger partial charge < -0.3 is 5.32 Å². The molecule has 0 spiro atoms. The molecule has 1 heterocycles. The minimum atomic E-state index is 0.0555. The summed E-state index contributed by atoms with van der Waals surface area (Å²) in [5.41, 5.74) is 3.76. The largest absolute Gasteiger partial charge is 0.347 e. The number of thiophene rings is 1. The SMILES string of the molecule is Cc1ccc(CNC(=O)c2cc3c(s2)CCC3)cc1. The average molecular weight is 271 g/mol. The van der Waals surface area contributed by atoms with E-state index in [-0.39, 0.29) is 5.91 Å². The Kier molecular flexibility index (Phi) is 3.38. The lowest BCUT2D eigenvalue weighted by Crippen LogP contribution is -2.21. The van der Waals surface area contributed by atoms with Crippen LogP contribution >= 0.6 is 11.3 Å². The maximum absolute atomic E-state index is 12.1. The molecule has 1 N–H and O–H groups in total. The molecule has 2 nitrogen and oxygen atoms in total. The van der Waals surface area contributed by atoms with Crippen LogP contribution in [0.4, 0.5) is 0 Å². The molecule has 0 saturated heterocycles. The minimum Gasteiger partial charge on any atom is -0.347 e. The molecule has 2 aromatic rings. The van der Waals surface area contributed by atoms with Crippen molar-refractivity contribution in [2.24, 2.45) is 0 Å². The predicted octanol–water partition coefficient (Wildman–Crippen LogP) is 3.48. The molecule has 0 saturated carbocycles. The van der Waals surface area contributed by atoms with Crippen molar-refractivity contribution >= 4 is 17.2 Å². The Morgan fingerprint density at radius 1 is 1.26 bits per heavy atom. The van der Waals surface area contributed by atoms with E-state index in [1.807, 2.05) is 0 Å². The summed E-state index contributed by atoms with van der Waals surface area (Å²) in [6, 6.07) is 10.3. The first kappa shape index (κ1) is 12.4. The highest BCUT2D eigenvalue weighted by Gasteiger charge is 2.18. The van der Waals surface area contributed by atoms with Crippen LogP contribution in [0.2, 0.25) is 0 Å². The third-order valence-corrected chi connectivity index (χ3v) is 4.78. The zero-order valence-corrected chi connectivity index (χ0v) is 11.8. The van der Waals surface area contributed by atoms with Crippen molar-refractivity contribution < 1.29 is 4.79 Å². The molecule has 3 rings (SSSR count).